The van der Waals surface area contributed by atoms with Gasteiger partial charge in [0, 0.05) is 6.92 Å². The van der Waals surface area contributed by atoms with Crippen LogP contribution >= 0.6 is 0 Å². The lowest BCUT2D eigenvalue weighted by Gasteiger charge is -2.26. The summed E-state index contributed by atoms with van der Waals surface area (Å²) in [5, 5.41) is 0. The van der Waals surface area contributed by atoms with E-state index in [0.29, 0.717) is 0 Å². The fourth-order valence-corrected chi connectivity index (χ4v) is 1.27. The van der Waals surface area contributed by atoms with Crippen LogP contribution in [0, 0.1) is 5.41 Å². The van der Waals surface area contributed by atoms with E-state index in [9.17, 15) is 9.59 Å². The van der Waals surface area contributed by atoms with Crippen LogP contribution in [0.2, 0.25) is 0 Å². The van der Waals surface area contributed by atoms with Crippen molar-refractivity contribution in [1.82, 2.24) is 0 Å². The molecule has 0 N–H and O–H groups in total. The summed E-state index contributed by atoms with van der Waals surface area (Å²) in [6.45, 7) is 9.14. The van der Waals surface area contributed by atoms with Crippen molar-refractivity contribution in [2.24, 2.45) is 5.41 Å². The van der Waals surface area contributed by atoms with E-state index in [2.05, 4.69) is 0 Å². The van der Waals surface area contributed by atoms with Gasteiger partial charge in [0.15, 0.2) is 6.29 Å². The zero-order valence-corrected chi connectivity index (χ0v) is 11.9. The second-order valence-corrected chi connectivity index (χ2v) is 4.45. The highest BCUT2D eigenvalue weighted by molar-refractivity contribution is 5.76. The largest absolute Gasteiger partial charge is 0.463 e. The molecule has 1 atom stereocenters. The molecule has 0 rings (SSSR count). The van der Waals surface area contributed by atoms with Gasteiger partial charge in [-0.2, -0.15) is 0 Å². The summed E-state index contributed by atoms with van der Waals surface area (Å²) in [5.41, 5.74) is -0.465. The molecule has 0 amide bonds. The fraction of sp³-hybridized carbons (Fsp3) is 0.846. The average molecular weight is 260 g/mol. The molecular formula is C13H24O5. The topological polar surface area (TPSA) is 61.8 Å². The highest BCUT2D eigenvalue weighted by atomic mass is 16.7. The first-order valence-corrected chi connectivity index (χ1v) is 6.31. The van der Waals surface area contributed by atoms with Crippen molar-refractivity contribution < 1.29 is 23.8 Å². The van der Waals surface area contributed by atoms with Gasteiger partial charge in [-0.15, -0.1) is 0 Å². The van der Waals surface area contributed by atoms with Crippen molar-refractivity contribution in [2.75, 3.05) is 13.2 Å². The van der Waals surface area contributed by atoms with Crippen LogP contribution in [0.15, 0.2) is 0 Å². The Morgan fingerprint density at radius 1 is 1.17 bits per heavy atom. The monoisotopic (exact) mass is 260 g/mol. The van der Waals surface area contributed by atoms with E-state index in [1.807, 2.05) is 20.8 Å². The van der Waals surface area contributed by atoms with Gasteiger partial charge in [0.05, 0.1) is 12.0 Å². The number of ether oxygens (including phenoxy) is 3. The van der Waals surface area contributed by atoms with Crippen LogP contribution in [-0.4, -0.2) is 31.4 Å². The van der Waals surface area contributed by atoms with Crippen LogP contribution in [0.5, 0.6) is 0 Å². The Bertz CT molecular complexity index is 271. The lowest BCUT2D eigenvalue weighted by molar-refractivity contribution is -0.188. The Hall–Kier alpha value is -1.10. The van der Waals surface area contributed by atoms with E-state index in [-0.39, 0.29) is 25.2 Å². The maximum Gasteiger partial charge on any atom is 0.314 e. The Balaban J connectivity index is 3.97. The number of carbonyl (C=O) groups excluding carboxylic acids is 2. The van der Waals surface area contributed by atoms with Gasteiger partial charge in [0.25, 0.3) is 0 Å². The molecule has 0 bridgehead atoms. The molecule has 0 aromatic rings. The molecule has 0 saturated heterocycles. The molecule has 0 aliphatic carbocycles. The second-order valence-electron chi connectivity index (χ2n) is 4.45. The highest BCUT2D eigenvalue weighted by Crippen LogP contribution is 2.27. The van der Waals surface area contributed by atoms with E-state index in [0.717, 1.165) is 12.8 Å². The molecule has 0 aliphatic heterocycles. The smallest absolute Gasteiger partial charge is 0.314 e. The summed E-state index contributed by atoms with van der Waals surface area (Å²) < 4.78 is 15.1. The van der Waals surface area contributed by atoms with Crippen molar-refractivity contribution in [1.29, 1.82) is 0 Å². The van der Waals surface area contributed by atoms with Gasteiger partial charge in [-0.25, -0.2) is 0 Å². The molecule has 0 saturated carbocycles. The SMILES string of the molecule is CCC(C)(CC)C(=O)OC(C)OCCOC(C)=O. The Kier molecular flexibility index (Phi) is 7.59. The Morgan fingerprint density at radius 2 is 1.72 bits per heavy atom. The molecule has 0 aromatic heterocycles. The molecule has 18 heavy (non-hydrogen) atoms. The fourth-order valence-electron chi connectivity index (χ4n) is 1.27. The van der Waals surface area contributed by atoms with Crippen molar-refractivity contribution in [3.63, 3.8) is 0 Å². The lowest BCUT2D eigenvalue weighted by atomic mass is 9.85. The molecule has 0 radical (unpaired) electrons. The first kappa shape index (κ1) is 16.9. The zero-order chi connectivity index (χ0) is 14.2. The first-order valence-electron chi connectivity index (χ1n) is 6.31. The van der Waals surface area contributed by atoms with Gasteiger partial charge in [0.2, 0.25) is 0 Å². The normalized spacial score (nSPS) is 12.9. The van der Waals surface area contributed by atoms with Gasteiger partial charge in [0.1, 0.15) is 6.61 Å². The average Bonchev–Trinajstić information content (AvgIpc) is 2.33. The predicted molar refractivity (Wildman–Crippen MR) is 66.8 cm³/mol. The third-order valence-electron chi connectivity index (χ3n) is 3.07. The molecule has 5 heteroatoms. The van der Waals surface area contributed by atoms with Gasteiger partial charge in [-0.3, -0.25) is 9.59 Å². The third kappa shape index (κ3) is 6.00. The summed E-state index contributed by atoms with van der Waals surface area (Å²) in [6, 6.07) is 0. The van der Waals surface area contributed by atoms with Gasteiger partial charge in [-0.1, -0.05) is 13.8 Å². The highest BCUT2D eigenvalue weighted by Gasteiger charge is 2.32. The van der Waals surface area contributed by atoms with E-state index >= 15 is 0 Å². The standard InChI is InChI=1S/C13H24O5/c1-6-13(5,7-2)12(15)18-11(4)17-9-8-16-10(3)14/h11H,6-9H2,1-5H3. The van der Waals surface area contributed by atoms with Crippen LogP contribution in [0.25, 0.3) is 0 Å². The molecule has 0 heterocycles. The second kappa shape index (κ2) is 8.08. The summed E-state index contributed by atoms with van der Waals surface area (Å²) in [4.78, 5) is 22.4. The first-order chi connectivity index (χ1) is 8.35. The third-order valence-corrected chi connectivity index (χ3v) is 3.07. The molecule has 0 spiro atoms. The Labute approximate surface area is 109 Å². The van der Waals surface area contributed by atoms with Crippen LogP contribution in [-0.2, 0) is 23.8 Å². The van der Waals surface area contributed by atoms with E-state index in [1.54, 1.807) is 6.92 Å². The molecule has 0 aliphatic rings. The van der Waals surface area contributed by atoms with Gasteiger partial charge < -0.3 is 14.2 Å². The predicted octanol–water partition coefficient (Wildman–Crippen LogP) is 2.28. The molecular weight excluding hydrogens is 236 g/mol. The quantitative estimate of drug-likeness (QED) is 0.380. The van der Waals surface area contributed by atoms with E-state index in [1.165, 1.54) is 6.92 Å². The summed E-state index contributed by atoms with van der Waals surface area (Å²) in [7, 11) is 0. The summed E-state index contributed by atoms with van der Waals surface area (Å²) in [5.74, 6) is -0.611. The number of hydrogen-bond donors (Lipinski definition) is 0. The molecule has 0 aromatic carbocycles. The number of hydrogen-bond acceptors (Lipinski definition) is 5. The van der Waals surface area contributed by atoms with Crippen molar-refractivity contribution in [3.8, 4) is 0 Å². The van der Waals surface area contributed by atoms with Crippen LogP contribution in [0.4, 0.5) is 0 Å². The lowest BCUT2D eigenvalue weighted by Crippen LogP contribution is -2.32. The number of carbonyl (C=O) groups is 2. The van der Waals surface area contributed by atoms with Crippen molar-refractivity contribution in [3.05, 3.63) is 0 Å². The van der Waals surface area contributed by atoms with Crippen LogP contribution in [0.3, 0.4) is 0 Å². The summed E-state index contributed by atoms with van der Waals surface area (Å²) in [6.07, 6.45) is 0.816. The van der Waals surface area contributed by atoms with Crippen molar-refractivity contribution in [2.45, 2.75) is 53.8 Å². The van der Waals surface area contributed by atoms with Crippen LogP contribution in [0.1, 0.15) is 47.5 Å². The zero-order valence-electron chi connectivity index (χ0n) is 11.9. The van der Waals surface area contributed by atoms with Gasteiger partial charge >= 0.3 is 11.9 Å². The molecule has 5 nitrogen and oxygen atoms in total. The van der Waals surface area contributed by atoms with E-state index < -0.39 is 11.7 Å². The van der Waals surface area contributed by atoms with E-state index in [4.69, 9.17) is 14.2 Å². The van der Waals surface area contributed by atoms with Crippen molar-refractivity contribution >= 4 is 11.9 Å². The van der Waals surface area contributed by atoms with Crippen LogP contribution < -0.4 is 0 Å². The molecule has 106 valence electrons. The Morgan fingerprint density at radius 3 is 2.17 bits per heavy atom. The summed E-state index contributed by atoms with van der Waals surface area (Å²) >= 11 is 0. The minimum Gasteiger partial charge on any atom is -0.463 e. The minimum absolute atomic E-state index is 0.163. The molecule has 0 fully saturated rings. The maximum atomic E-state index is 11.9. The number of rotatable bonds is 8. The number of esters is 2. The minimum atomic E-state index is -0.634. The van der Waals surface area contributed by atoms with Gasteiger partial charge in [-0.05, 0) is 26.7 Å². The maximum absolute atomic E-state index is 11.9. The molecule has 1 unspecified atom stereocenters.